The number of aliphatic imine (C=N–C) groups is 1. The molecular formula is C23H32Cl2NOPTi. The van der Waals surface area contributed by atoms with Crippen LogP contribution in [0, 0.1) is 6.92 Å². The Morgan fingerprint density at radius 3 is 2.10 bits per heavy atom. The predicted octanol–water partition coefficient (Wildman–Crippen LogP) is 6.35. The molecule has 2 aromatic rings. The third kappa shape index (κ3) is 7.68. The molecule has 0 aliphatic carbocycles. The first kappa shape index (κ1) is 26.7. The van der Waals surface area contributed by atoms with E-state index in [1.54, 1.807) is 7.05 Å². The van der Waals surface area contributed by atoms with Gasteiger partial charge in [0, 0.05) is 29.7 Å². The Morgan fingerprint density at radius 1 is 1.03 bits per heavy atom. The van der Waals surface area contributed by atoms with E-state index in [1.165, 1.54) is 16.4 Å². The molecule has 1 unspecified atom stereocenters. The fourth-order valence-electron chi connectivity index (χ4n) is 2.98. The van der Waals surface area contributed by atoms with E-state index in [4.69, 9.17) is 18.6 Å². The molecule has 1 atom stereocenters. The second kappa shape index (κ2) is 11.3. The van der Waals surface area contributed by atoms with Gasteiger partial charge in [-0.1, -0.05) is 74.4 Å². The van der Waals surface area contributed by atoms with E-state index in [0.29, 0.717) is 14.3 Å². The van der Waals surface area contributed by atoms with Gasteiger partial charge in [-0.3, -0.25) is 4.99 Å². The fourth-order valence-corrected chi connectivity index (χ4v) is 4.30. The normalized spacial score (nSPS) is 12.3. The minimum absolute atomic E-state index is 0.0341. The number of rotatable bonds is 3. The number of nitrogens with zero attached hydrogens (tertiary/aromatic N) is 1. The van der Waals surface area contributed by atoms with Crippen LogP contribution in [0.1, 0.15) is 63.8 Å². The molecule has 158 valence electrons. The minimum atomic E-state index is -0.556. The summed E-state index contributed by atoms with van der Waals surface area (Å²) in [6.07, 6.45) is 1.91. The van der Waals surface area contributed by atoms with Crippen LogP contribution in [0.15, 0.2) is 35.3 Å². The molecule has 0 amide bonds. The Labute approximate surface area is 195 Å². The van der Waals surface area contributed by atoms with Gasteiger partial charge in [0.05, 0.1) is 0 Å². The Hall–Kier alpha value is -0.366. The molecule has 0 aromatic heterocycles. The van der Waals surface area contributed by atoms with Crippen LogP contribution in [-0.2, 0) is 27.9 Å². The standard InChI is InChI=1S/C23H32NOP.2ClH.Ti/c1-15-10-9-11-16(14-24-8)21(15)26-19-13-17(22(2,3)4)12-18(20(19)25)23(5,6)7;;;/h9-14,25-26H,1-8H3;2*1H;/q;;;+2/p-2. The predicted molar refractivity (Wildman–Crippen MR) is 129 cm³/mol. The zero-order chi connectivity index (χ0) is 22.4. The van der Waals surface area contributed by atoms with E-state index in [2.05, 4.69) is 83.8 Å². The molecule has 6 heteroatoms. The SMILES string of the molecule is CN=Cc1cccc(C)c1Pc1cc(C(C)(C)C)cc(C(C)(C)C)c1O.[Cl][Ti][Cl]. The van der Waals surface area contributed by atoms with E-state index in [1.807, 2.05) is 6.21 Å². The molecular weight excluding hydrogens is 456 g/mol. The van der Waals surface area contributed by atoms with Crippen molar-refractivity contribution in [1.82, 2.24) is 0 Å². The summed E-state index contributed by atoms with van der Waals surface area (Å²) >= 11 is -0.556. The maximum absolute atomic E-state index is 11.1. The average Bonchev–Trinajstić information content (AvgIpc) is 2.58. The molecule has 2 rings (SSSR count). The van der Waals surface area contributed by atoms with Gasteiger partial charge in [0.15, 0.2) is 0 Å². The topological polar surface area (TPSA) is 32.6 Å². The molecule has 0 fully saturated rings. The van der Waals surface area contributed by atoms with Crippen LogP contribution in [0.3, 0.4) is 0 Å². The van der Waals surface area contributed by atoms with Crippen LogP contribution in [0.4, 0.5) is 0 Å². The second-order valence-corrected chi connectivity index (χ2v) is 12.9. The van der Waals surface area contributed by atoms with Crippen molar-refractivity contribution in [3.8, 4) is 5.75 Å². The van der Waals surface area contributed by atoms with Crippen molar-refractivity contribution >= 4 is 44.0 Å². The molecule has 0 bridgehead atoms. The summed E-state index contributed by atoms with van der Waals surface area (Å²) in [6, 6.07) is 10.6. The summed E-state index contributed by atoms with van der Waals surface area (Å²) in [7, 11) is 12.0. The van der Waals surface area contributed by atoms with Gasteiger partial charge in [-0.15, -0.1) is 0 Å². The quantitative estimate of drug-likeness (QED) is 0.305. The number of benzene rings is 2. The average molecular weight is 488 g/mol. The van der Waals surface area contributed by atoms with Gasteiger partial charge >= 0.3 is 35.6 Å². The number of hydrogen-bond donors (Lipinski definition) is 1. The molecule has 0 saturated heterocycles. The monoisotopic (exact) mass is 487 g/mol. The van der Waals surface area contributed by atoms with Crippen LogP contribution >= 0.6 is 27.2 Å². The van der Waals surface area contributed by atoms with E-state index in [9.17, 15) is 5.11 Å². The number of aryl methyl sites for hydroxylation is 1. The Bertz CT molecular complexity index is 855. The summed E-state index contributed by atoms with van der Waals surface area (Å²) < 4.78 is 0. The molecule has 0 aliphatic rings. The van der Waals surface area contributed by atoms with Gasteiger partial charge in [-0.05, 0) is 40.3 Å². The van der Waals surface area contributed by atoms with Crippen molar-refractivity contribution in [3.05, 3.63) is 52.6 Å². The second-order valence-electron chi connectivity index (χ2n) is 9.04. The van der Waals surface area contributed by atoms with E-state index < -0.39 is 17.0 Å². The van der Waals surface area contributed by atoms with E-state index in [0.717, 1.165) is 16.4 Å². The number of phenols is 1. The van der Waals surface area contributed by atoms with Gasteiger partial charge in [0.25, 0.3) is 0 Å². The maximum atomic E-state index is 11.1. The summed E-state index contributed by atoms with van der Waals surface area (Å²) in [5, 5.41) is 13.3. The van der Waals surface area contributed by atoms with Crippen molar-refractivity contribution in [2.24, 2.45) is 4.99 Å². The summed E-state index contributed by atoms with van der Waals surface area (Å²) in [5.41, 5.74) is 4.58. The first-order valence-electron chi connectivity index (χ1n) is 9.49. The molecule has 2 aromatic carbocycles. The van der Waals surface area contributed by atoms with Crippen molar-refractivity contribution in [2.45, 2.75) is 59.3 Å². The van der Waals surface area contributed by atoms with Crippen LogP contribution in [0.25, 0.3) is 0 Å². The Balaban J connectivity index is 0.00000132. The summed E-state index contributed by atoms with van der Waals surface area (Å²) in [6.45, 7) is 15.3. The van der Waals surface area contributed by atoms with Gasteiger partial charge in [0.1, 0.15) is 5.75 Å². The van der Waals surface area contributed by atoms with Gasteiger partial charge < -0.3 is 5.11 Å². The van der Waals surface area contributed by atoms with E-state index >= 15 is 0 Å². The summed E-state index contributed by atoms with van der Waals surface area (Å²) in [4.78, 5) is 4.20. The van der Waals surface area contributed by atoms with Crippen LogP contribution in [0.5, 0.6) is 5.75 Å². The zero-order valence-electron chi connectivity index (χ0n) is 18.6. The van der Waals surface area contributed by atoms with Gasteiger partial charge in [-0.25, -0.2) is 0 Å². The third-order valence-electron chi connectivity index (χ3n) is 4.62. The molecule has 0 heterocycles. The van der Waals surface area contributed by atoms with Crippen LogP contribution < -0.4 is 10.6 Å². The van der Waals surface area contributed by atoms with Gasteiger partial charge in [-0.2, -0.15) is 0 Å². The van der Waals surface area contributed by atoms with Crippen molar-refractivity contribution < 1.29 is 22.1 Å². The van der Waals surface area contributed by atoms with Gasteiger partial charge in [0.2, 0.25) is 0 Å². The van der Waals surface area contributed by atoms with Crippen molar-refractivity contribution in [1.29, 1.82) is 0 Å². The van der Waals surface area contributed by atoms with Crippen molar-refractivity contribution in [2.75, 3.05) is 7.05 Å². The molecule has 1 N–H and O–H groups in total. The fraction of sp³-hybridized carbons (Fsp3) is 0.435. The number of halogens is 2. The molecule has 0 aliphatic heterocycles. The third-order valence-corrected chi connectivity index (χ3v) is 6.20. The first-order chi connectivity index (χ1) is 13.4. The van der Waals surface area contributed by atoms with Crippen LogP contribution in [-0.4, -0.2) is 18.4 Å². The number of aromatic hydroxyl groups is 1. The Kier molecular flexibility index (Phi) is 10.4. The molecule has 0 spiro atoms. The van der Waals surface area contributed by atoms with E-state index in [-0.39, 0.29) is 10.8 Å². The summed E-state index contributed by atoms with van der Waals surface area (Å²) in [5.74, 6) is 0.437. The zero-order valence-corrected chi connectivity index (χ0v) is 22.7. The molecule has 2 nitrogen and oxygen atoms in total. The number of phenolic OH excluding ortho intramolecular Hbond substituents is 1. The molecule has 0 saturated carbocycles. The first-order valence-corrected chi connectivity index (χ1v) is 14.8. The van der Waals surface area contributed by atoms with Crippen LogP contribution in [0.2, 0.25) is 0 Å². The molecule has 0 radical (unpaired) electrons. The molecule has 29 heavy (non-hydrogen) atoms. The Morgan fingerprint density at radius 2 is 1.62 bits per heavy atom. The van der Waals surface area contributed by atoms with Crippen molar-refractivity contribution in [3.63, 3.8) is 0 Å². The number of hydrogen-bond acceptors (Lipinski definition) is 2.